The van der Waals surface area contributed by atoms with Crippen LogP contribution < -0.4 is 0 Å². The summed E-state index contributed by atoms with van der Waals surface area (Å²) in [6.07, 6.45) is 5.81. The Morgan fingerprint density at radius 2 is 0.830 bits per heavy atom. The van der Waals surface area contributed by atoms with Crippen LogP contribution in [0.4, 0.5) is 0 Å². The van der Waals surface area contributed by atoms with E-state index in [9.17, 15) is 19.2 Å². The molecule has 0 spiro atoms. The van der Waals surface area contributed by atoms with Crippen LogP contribution in [0.2, 0.25) is 23.2 Å². The number of Topliss-reactive ketones (excluding diaryl/α,β-unsaturated/α-hetero) is 4. The van der Waals surface area contributed by atoms with Crippen molar-refractivity contribution in [2.75, 3.05) is 28.4 Å². The van der Waals surface area contributed by atoms with Gasteiger partial charge in [0, 0.05) is 52.4 Å². The Balaban J connectivity index is 0.000000882. The fourth-order valence-electron chi connectivity index (χ4n) is 5.74. The molecule has 0 bridgehead atoms. The molecule has 0 saturated carbocycles. The molecule has 2 rings (SSSR count). The van der Waals surface area contributed by atoms with Crippen LogP contribution in [-0.2, 0) is 48.4 Å². The molecule has 0 radical (unpaired) electrons. The number of carbonyl (C=O) groups is 4. The summed E-state index contributed by atoms with van der Waals surface area (Å²) >= 11 is 0. The number of unbranched alkanes of at least 4 members (excludes halogenated alkanes) is 2. The maximum Gasteiger partial charge on any atom is 2.00 e. The van der Waals surface area contributed by atoms with E-state index in [1.165, 1.54) is 0 Å². The van der Waals surface area contributed by atoms with Gasteiger partial charge < -0.3 is 17.7 Å². The molecule has 264 valence electrons. The summed E-state index contributed by atoms with van der Waals surface area (Å²) in [5.74, 6) is -0.444. The molecule has 0 saturated heterocycles. The van der Waals surface area contributed by atoms with Crippen molar-refractivity contribution in [3.05, 3.63) is 71.8 Å². The van der Waals surface area contributed by atoms with E-state index in [4.69, 9.17) is 17.7 Å². The molecule has 0 aromatic heterocycles. The van der Waals surface area contributed by atoms with Crippen molar-refractivity contribution in [2.24, 2.45) is 0 Å². The maximum absolute atomic E-state index is 13.0. The van der Waals surface area contributed by atoms with Crippen LogP contribution in [0.25, 0.3) is 0 Å². The van der Waals surface area contributed by atoms with Gasteiger partial charge in [-0.05, 0) is 24.9 Å². The number of hydrogen-bond acceptors (Lipinski definition) is 8. The molecule has 0 fully saturated rings. The minimum absolute atomic E-state index is 0. The zero-order valence-electron chi connectivity index (χ0n) is 29.6. The molecule has 0 N–H and O–H groups in total. The van der Waals surface area contributed by atoms with Crippen LogP contribution in [-0.4, -0.2) is 68.7 Å². The van der Waals surface area contributed by atoms with Crippen LogP contribution in [0, 0.1) is 0 Å². The number of carbonyl (C=O) groups excluding carboxylic acids is 4. The molecule has 0 amide bonds. The van der Waals surface area contributed by atoms with Crippen LogP contribution in [0.1, 0.15) is 99.8 Å². The monoisotopic (exact) mass is 867 g/mol. The second-order valence-corrected chi connectivity index (χ2v) is 18.4. The zero-order chi connectivity index (χ0) is 34.6. The van der Waals surface area contributed by atoms with Gasteiger partial charge in [0.15, 0.2) is 11.6 Å². The van der Waals surface area contributed by atoms with Crippen molar-refractivity contribution in [1.29, 1.82) is 0 Å². The average Bonchev–Trinajstić information content (AvgIpc) is 3.10. The van der Waals surface area contributed by atoms with E-state index in [2.05, 4.69) is 0 Å². The van der Waals surface area contributed by atoms with Gasteiger partial charge in [-0.15, -0.1) is 0 Å². The van der Waals surface area contributed by atoms with Gasteiger partial charge in [-0.3, -0.25) is 19.2 Å². The molecule has 2 unspecified atom stereocenters. The van der Waals surface area contributed by atoms with E-state index in [1.807, 2.05) is 64.1 Å². The maximum atomic E-state index is 13.0. The van der Waals surface area contributed by atoms with Crippen molar-refractivity contribution in [3.8, 4) is 0 Å². The largest absolute Gasteiger partial charge is 2.00 e. The quantitative estimate of drug-likeness (QED) is 0.0662. The van der Waals surface area contributed by atoms with Crippen LogP contribution >= 0.6 is 0 Å². The smallest absolute Gasteiger partial charge is 0.397 e. The standard InChI is InChI=1S/2C18H28O4Si.Pt/c2*1-5-7-13-16(19)18(23(21-3,22-4)14-6-2)17(20)15-11-9-8-10-12-15;/h2*8-12,18H,5-7,13-14H2,1-4H3;/q;;+2. The van der Waals surface area contributed by atoms with Crippen LogP contribution in [0.5, 0.6) is 0 Å². The van der Waals surface area contributed by atoms with Gasteiger partial charge in [-0.25, -0.2) is 0 Å². The van der Waals surface area contributed by atoms with E-state index < -0.39 is 28.2 Å². The zero-order valence-corrected chi connectivity index (χ0v) is 33.9. The average molecular weight is 868 g/mol. The van der Waals surface area contributed by atoms with Crippen molar-refractivity contribution in [2.45, 2.75) is 102 Å². The third-order valence-corrected chi connectivity index (χ3v) is 16.4. The SMILES string of the molecule is CCCCC(=O)C(C(=O)c1ccccc1)[Si](CCC)(OC)OC.CCCCC(=O)C(C(=O)c1ccccc1)[Si](CCC)(OC)OC.[Pt+2]. The molecule has 2 atom stereocenters. The fraction of sp³-hybridized carbons (Fsp3) is 0.556. The van der Waals surface area contributed by atoms with Crippen molar-refractivity contribution in [3.63, 3.8) is 0 Å². The number of hydrogen-bond donors (Lipinski definition) is 0. The number of benzene rings is 2. The summed E-state index contributed by atoms with van der Waals surface area (Å²) in [6, 6.07) is 19.2. The molecule has 0 aliphatic carbocycles. The van der Waals surface area contributed by atoms with E-state index in [0.29, 0.717) is 36.1 Å². The fourth-order valence-corrected chi connectivity index (χ4v) is 12.2. The van der Waals surface area contributed by atoms with Gasteiger partial charge in [-0.2, -0.15) is 0 Å². The molecule has 8 nitrogen and oxygen atoms in total. The molecule has 2 aromatic rings. The Labute approximate surface area is 299 Å². The van der Waals surface area contributed by atoms with Crippen LogP contribution in [0.15, 0.2) is 60.7 Å². The van der Waals surface area contributed by atoms with E-state index >= 15 is 0 Å². The van der Waals surface area contributed by atoms with Gasteiger partial charge in [0.1, 0.15) is 22.6 Å². The third kappa shape index (κ3) is 12.8. The molecular formula is C36H56O8PtSi2+2. The summed E-state index contributed by atoms with van der Waals surface area (Å²) < 4.78 is 22.8. The van der Waals surface area contributed by atoms with Crippen molar-refractivity contribution in [1.82, 2.24) is 0 Å². The van der Waals surface area contributed by atoms with E-state index in [-0.39, 0.29) is 44.2 Å². The molecular weight excluding hydrogens is 812 g/mol. The first-order chi connectivity index (χ1) is 22.1. The molecule has 47 heavy (non-hydrogen) atoms. The number of rotatable bonds is 22. The Hall–Kier alpha value is -1.92. The topological polar surface area (TPSA) is 105 Å². The first-order valence-corrected chi connectivity index (χ1v) is 20.8. The minimum atomic E-state index is -2.93. The Kier molecular flexibility index (Phi) is 23.3. The van der Waals surface area contributed by atoms with E-state index in [1.54, 1.807) is 52.7 Å². The van der Waals surface area contributed by atoms with Gasteiger partial charge in [0.2, 0.25) is 0 Å². The van der Waals surface area contributed by atoms with Crippen LogP contribution in [0.3, 0.4) is 0 Å². The van der Waals surface area contributed by atoms with Crippen molar-refractivity contribution >= 4 is 40.3 Å². The summed E-state index contributed by atoms with van der Waals surface area (Å²) in [6.45, 7) is 8.09. The third-order valence-electron chi connectivity index (χ3n) is 8.30. The van der Waals surface area contributed by atoms with E-state index in [0.717, 1.165) is 38.5 Å². The van der Waals surface area contributed by atoms with Crippen molar-refractivity contribution < 1.29 is 57.9 Å². The van der Waals surface area contributed by atoms with Gasteiger partial charge >= 0.3 is 38.2 Å². The minimum Gasteiger partial charge on any atom is -0.397 e. The normalized spacial score (nSPS) is 12.6. The Bertz CT molecular complexity index is 1090. The molecule has 0 aliphatic rings. The second-order valence-electron chi connectivity index (χ2n) is 11.4. The Morgan fingerprint density at radius 1 is 0.532 bits per heavy atom. The molecule has 2 aromatic carbocycles. The molecule has 0 aliphatic heterocycles. The summed E-state index contributed by atoms with van der Waals surface area (Å²) in [5.41, 5.74) is -0.508. The van der Waals surface area contributed by atoms with Gasteiger partial charge in [0.25, 0.3) is 0 Å². The predicted octanol–water partition coefficient (Wildman–Crippen LogP) is 8.29. The first-order valence-electron chi connectivity index (χ1n) is 16.6. The summed E-state index contributed by atoms with van der Waals surface area (Å²) in [7, 11) is 0.375. The second kappa shape index (κ2) is 24.3. The molecule has 0 heterocycles. The first kappa shape index (κ1) is 45.1. The summed E-state index contributed by atoms with van der Waals surface area (Å²) in [4.78, 5) is 51.7. The van der Waals surface area contributed by atoms with Gasteiger partial charge in [-0.1, -0.05) is 114 Å². The predicted molar refractivity (Wildman–Crippen MR) is 188 cm³/mol. The molecule has 11 heteroatoms. The Morgan fingerprint density at radius 3 is 1.06 bits per heavy atom. The summed E-state index contributed by atoms with van der Waals surface area (Å²) in [5, 5.41) is 0. The van der Waals surface area contributed by atoms with Gasteiger partial charge in [0.05, 0.1) is 0 Å². The number of ketones is 4.